The Kier molecular flexibility index (Phi) is 7.14. The van der Waals surface area contributed by atoms with E-state index >= 15 is 0 Å². The van der Waals surface area contributed by atoms with E-state index in [1.54, 1.807) is 13.2 Å². The van der Waals surface area contributed by atoms with Crippen LogP contribution in [0.1, 0.15) is 18.9 Å². The number of carbonyl (C=O) groups is 1. The quantitative estimate of drug-likeness (QED) is 0.710. The molecule has 0 aliphatic carbocycles. The fourth-order valence-electron chi connectivity index (χ4n) is 2.32. The van der Waals surface area contributed by atoms with Crippen LogP contribution in [0.4, 0.5) is 0 Å². The Bertz CT molecular complexity index is 687. The number of rotatable bonds is 9. The van der Waals surface area contributed by atoms with Gasteiger partial charge in [-0.15, -0.1) is 0 Å². The van der Waals surface area contributed by atoms with Crippen LogP contribution in [0.3, 0.4) is 0 Å². The molecule has 0 saturated carbocycles. The van der Waals surface area contributed by atoms with E-state index in [4.69, 9.17) is 14.2 Å². The molecule has 1 unspecified atom stereocenters. The number of hydrogen-bond donors (Lipinski definition) is 1. The van der Waals surface area contributed by atoms with Crippen LogP contribution in [0.15, 0.2) is 48.5 Å². The van der Waals surface area contributed by atoms with Crippen molar-refractivity contribution in [2.24, 2.45) is 0 Å². The highest BCUT2D eigenvalue weighted by molar-refractivity contribution is 5.81. The predicted molar refractivity (Wildman–Crippen MR) is 97.4 cm³/mol. The van der Waals surface area contributed by atoms with Gasteiger partial charge in [0.15, 0.2) is 6.10 Å². The maximum atomic E-state index is 12.3. The van der Waals surface area contributed by atoms with Crippen molar-refractivity contribution >= 4 is 5.91 Å². The molecule has 0 aromatic heterocycles. The van der Waals surface area contributed by atoms with Gasteiger partial charge < -0.3 is 19.5 Å². The van der Waals surface area contributed by atoms with Crippen LogP contribution < -0.4 is 19.5 Å². The number of ether oxygens (including phenoxy) is 3. The Hall–Kier alpha value is -2.69. The summed E-state index contributed by atoms with van der Waals surface area (Å²) in [7, 11) is 1.61. The number of benzene rings is 2. The normalized spacial score (nSPS) is 11.5. The lowest BCUT2D eigenvalue weighted by atomic mass is 10.2. The molecule has 2 rings (SSSR count). The molecule has 134 valence electrons. The van der Waals surface area contributed by atoms with Crippen molar-refractivity contribution in [1.29, 1.82) is 0 Å². The topological polar surface area (TPSA) is 56.8 Å². The first kappa shape index (κ1) is 18.6. The fourth-order valence-corrected chi connectivity index (χ4v) is 2.32. The van der Waals surface area contributed by atoms with Crippen molar-refractivity contribution in [3.8, 4) is 17.2 Å². The van der Waals surface area contributed by atoms with Crippen molar-refractivity contribution in [3.05, 3.63) is 54.1 Å². The maximum absolute atomic E-state index is 12.3. The molecule has 0 heterocycles. The minimum Gasteiger partial charge on any atom is -0.497 e. The minimum absolute atomic E-state index is 0.141. The smallest absolute Gasteiger partial charge is 0.261 e. The molecular weight excluding hydrogens is 318 g/mol. The Morgan fingerprint density at radius 1 is 1.08 bits per heavy atom. The summed E-state index contributed by atoms with van der Waals surface area (Å²) in [5.41, 5.74) is 1.10. The molecule has 0 spiro atoms. The second-order valence-corrected chi connectivity index (χ2v) is 5.65. The SMILES string of the molecule is CCC(Oc1cccc(C)c1)C(=O)NCCOc1cccc(OC)c1. The van der Waals surface area contributed by atoms with E-state index in [-0.39, 0.29) is 5.91 Å². The molecule has 0 fully saturated rings. The summed E-state index contributed by atoms with van der Waals surface area (Å²) in [5, 5.41) is 2.85. The van der Waals surface area contributed by atoms with Gasteiger partial charge in [0.2, 0.25) is 0 Å². The molecule has 1 atom stereocenters. The van der Waals surface area contributed by atoms with Gasteiger partial charge in [0.25, 0.3) is 5.91 Å². The van der Waals surface area contributed by atoms with Crippen LogP contribution >= 0.6 is 0 Å². The summed E-state index contributed by atoms with van der Waals surface area (Å²) in [4.78, 5) is 12.3. The van der Waals surface area contributed by atoms with Gasteiger partial charge >= 0.3 is 0 Å². The maximum Gasteiger partial charge on any atom is 0.261 e. The Morgan fingerprint density at radius 2 is 1.80 bits per heavy atom. The Morgan fingerprint density at radius 3 is 2.52 bits per heavy atom. The fraction of sp³-hybridized carbons (Fsp3) is 0.350. The van der Waals surface area contributed by atoms with Crippen LogP contribution in [-0.2, 0) is 4.79 Å². The number of amides is 1. The highest BCUT2D eigenvalue weighted by Crippen LogP contribution is 2.18. The lowest BCUT2D eigenvalue weighted by molar-refractivity contribution is -0.128. The van der Waals surface area contributed by atoms with Crippen molar-refractivity contribution in [2.75, 3.05) is 20.3 Å². The molecule has 0 radical (unpaired) electrons. The van der Waals surface area contributed by atoms with E-state index in [9.17, 15) is 4.79 Å². The van der Waals surface area contributed by atoms with E-state index in [1.807, 2.05) is 56.3 Å². The van der Waals surface area contributed by atoms with E-state index in [1.165, 1.54) is 0 Å². The van der Waals surface area contributed by atoms with E-state index < -0.39 is 6.10 Å². The molecule has 5 heteroatoms. The zero-order chi connectivity index (χ0) is 18.1. The third-order valence-corrected chi connectivity index (χ3v) is 3.64. The average molecular weight is 343 g/mol. The van der Waals surface area contributed by atoms with Crippen molar-refractivity contribution in [3.63, 3.8) is 0 Å². The molecule has 1 amide bonds. The van der Waals surface area contributed by atoms with Crippen LogP contribution in [0.2, 0.25) is 0 Å². The second-order valence-electron chi connectivity index (χ2n) is 5.65. The van der Waals surface area contributed by atoms with Gasteiger partial charge in [-0.2, -0.15) is 0 Å². The molecule has 25 heavy (non-hydrogen) atoms. The predicted octanol–water partition coefficient (Wildman–Crippen LogP) is 3.36. The zero-order valence-corrected chi connectivity index (χ0v) is 15.0. The number of nitrogens with one attached hydrogen (secondary N) is 1. The lowest BCUT2D eigenvalue weighted by Crippen LogP contribution is -2.39. The minimum atomic E-state index is -0.515. The van der Waals surface area contributed by atoms with Gasteiger partial charge in [-0.1, -0.05) is 25.1 Å². The molecule has 0 bridgehead atoms. The van der Waals surface area contributed by atoms with Gasteiger partial charge in [-0.25, -0.2) is 0 Å². The largest absolute Gasteiger partial charge is 0.497 e. The second kappa shape index (κ2) is 9.57. The van der Waals surface area contributed by atoms with Gasteiger partial charge in [-0.05, 0) is 43.2 Å². The molecule has 0 aliphatic heterocycles. The van der Waals surface area contributed by atoms with Crippen LogP contribution in [0.5, 0.6) is 17.2 Å². The van der Waals surface area contributed by atoms with Crippen LogP contribution in [-0.4, -0.2) is 32.3 Å². The first-order valence-electron chi connectivity index (χ1n) is 8.40. The molecule has 2 aromatic rings. The molecule has 5 nitrogen and oxygen atoms in total. The standard InChI is InChI=1S/C20H25NO4/c1-4-19(25-18-10-5-7-15(2)13-18)20(22)21-11-12-24-17-9-6-8-16(14-17)23-3/h5-10,13-14,19H,4,11-12H2,1-3H3,(H,21,22). The van der Waals surface area contributed by atoms with Gasteiger partial charge in [-0.3, -0.25) is 4.79 Å². The van der Waals surface area contributed by atoms with E-state index in [0.29, 0.717) is 31.1 Å². The monoisotopic (exact) mass is 343 g/mol. The summed E-state index contributed by atoms with van der Waals surface area (Å²) in [6.45, 7) is 4.69. The molecule has 0 saturated heterocycles. The van der Waals surface area contributed by atoms with Gasteiger partial charge in [0.1, 0.15) is 23.9 Å². The van der Waals surface area contributed by atoms with E-state index in [2.05, 4.69) is 5.32 Å². The first-order chi connectivity index (χ1) is 12.1. The van der Waals surface area contributed by atoms with Crippen molar-refractivity contribution < 1.29 is 19.0 Å². The van der Waals surface area contributed by atoms with E-state index in [0.717, 1.165) is 11.3 Å². The van der Waals surface area contributed by atoms with Crippen molar-refractivity contribution in [2.45, 2.75) is 26.4 Å². The molecular formula is C20H25NO4. The molecule has 1 N–H and O–H groups in total. The summed E-state index contributed by atoms with van der Waals surface area (Å²) >= 11 is 0. The Balaban J connectivity index is 1.77. The zero-order valence-electron chi connectivity index (χ0n) is 15.0. The van der Waals surface area contributed by atoms with Crippen molar-refractivity contribution in [1.82, 2.24) is 5.32 Å². The third kappa shape index (κ3) is 6.03. The molecule has 0 aliphatic rings. The number of carbonyl (C=O) groups excluding carboxylic acids is 1. The number of hydrogen-bond acceptors (Lipinski definition) is 4. The third-order valence-electron chi connectivity index (χ3n) is 3.64. The summed E-state index contributed by atoms with van der Waals surface area (Å²) < 4.78 is 16.5. The number of aryl methyl sites for hydroxylation is 1. The summed E-state index contributed by atoms with van der Waals surface area (Å²) in [5.74, 6) is 2.00. The van der Waals surface area contributed by atoms with Crippen LogP contribution in [0.25, 0.3) is 0 Å². The van der Waals surface area contributed by atoms with Crippen LogP contribution in [0, 0.1) is 6.92 Å². The lowest BCUT2D eigenvalue weighted by Gasteiger charge is -2.17. The summed E-state index contributed by atoms with van der Waals surface area (Å²) in [6, 6.07) is 15.0. The molecule has 2 aromatic carbocycles. The first-order valence-corrected chi connectivity index (χ1v) is 8.40. The van der Waals surface area contributed by atoms with Gasteiger partial charge in [0, 0.05) is 6.07 Å². The summed E-state index contributed by atoms with van der Waals surface area (Å²) in [6.07, 6.45) is 0.0786. The average Bonchev–Trinajstić information content (AvgIpc) is 2.63. The Labute approximate surface area is 148 Å². The number of methoxy groups -OCH3 is 1. The highest BCUT2D eigenvalue weighted by Gasteiger charge is 2.17. The van der Waals surface area contributed by atoms with Gasteiger partial charge in [0.05, 0.1) is 13.7 Å². The highest BCUT2D eigenvalue weighted by atomic mass is 16.5.